The van der Waals surface area contributed by atoms with E-state index in [1.165, 1.54) is 11.3 Å². The molecule has 1 atom stereocenters. The number of likely N-dealkylation sites (tertiary alicyclic amines) is 1. The third kappa shape index (κ3) is 3.42. The second kappa shape index (κ2) is 7.50. The van der Waals surface area contributed by atoms with Crippen molar-refractivity contribution in [3.8, 4) is 0 Å². The molecule has 0 aromatic carbocycles. The second-order valence-corrected chi connectivity index (χ2v) is 10.1. The van der Waals surface area contributed by atoms with Crippen molar-refractivity contribution in [2.24, 2.45) is 0 Å². The average Bonchev–Trinajstić information content (AvgIpc) is 3.47. The first-order chi connectivity index (χ1) is 14.1. The van der Waals surface area contributed by atoms with E-state index in [2.05, 4.69) is 0 Å². The SMILES string of the molecule is O=C(O)c1cc2c(s1)CCOC21CCN(C(=O)c2ccc(C3CCCO3)s2)CC1. The number of carboxylic acids is 1. The summed E-state index contributed by atoms with van der Waals surface area (Å²) < 4.78 is 11.9. The maximum atomic E-state index is 13.0. The lowest BCUT2D eigenvalue weighted by atomic mass is 9.82. The number of carboxylic acid groups (broad SMARTS) is 1. The lowest BCUT2D eigenvalue weighted by Gasteiger charge is -2.44. The number of carbonyl (C=O) groups is 2. The third-order valence-corrected chi connectivity index (χ3v) is 8.51. The highest BCUT2D eigenvalue weighted by Crippen LogP contribution is 2.45. The van der Waals surface area contributed by atoms with Crippen molar-refractivity contribution in [2.45, 2.75) is 43.8 Å². The van der Waals surface area contributed by atoms with E-state index in [-0.39, 0.29) is 12.0 Å². The molecule has 5 rings (SSSR count). The zero-order valence-electron chi connectivity index (χ0n) is 16.0. The van der Waals surface area contributed by atoms with Gasteiger partial charge in [-0.3, -0.25) is 4.79 Å². The summed E-state index contributed by atoms with van der Waals surface area (Å²) in [6.45, 7) is 2.64. The number of ether oxygens (including phenoxy) is 2. The van der Waals surface area contributed by atoms with Crippen LogP contribution in [0.2, 0.25) is 0 Å². The Morgan fingerprint density at radius 2 is 1.97 bits per heavy atom. The van der Waals surface area contributed by atoms with E-state index in [0.717, 1.165) is 46.1 Å². The van der Waals surface area contributed by atoms with Crippen LogP contribution in [0, 0.1) is 0 Å². The van der Waals surface area contributed by atoms with Gasteiger partial charge in [-0.05, 0) is 49.4 Å². The molecule has 2 aromatic heterocycles. The highest BCUT2D eigenvalue weighted by Gasteiger charge is 2.43. The predicted octanol–water partition coefficient (Wildman–Crippen LogP) is 4.06. The maximum absolute atomic E-state index is 13.0. The van der Waals surface area contributed by atoms with Gasteiger partial charge < -0.3 is 19.5 Å². The van der Waals surface area contributed by atoms with Gasteiger partial charge in [0, 0.05) is 35.9 Å². The standard InChI is InChI=1S/C21H23NO5S2/c23-19(17-4-3-16(29-17)14-2-1-10-26-14)22-8-6-21(7-9-22)13-12-18(20(24)25)28-15(13)5-11-27-21/h3-4,12,14H,1-2,5-11H2,(H,24,25). The summed E-state index contributed by atoms with van der Waals surface area (Å²) in [5.41, 5.74) is 0.572. The largest absolute Gasteiger partial charge is 0.477 e. The van der Waals surface area contributed by atoms with Gasteiger partial charge in [0.2, 0.25) is 0 Å². The topological polar surface area (TPSA) is 76.1 Å². The lowest BCUT2D eigenvalue weighted by Crippen LogP contribution is -2.47. The number of rotatable bonds is 3. The summed E-state index contributed by atoms with van der Waals surface area (Å²) >= 11 is 2.90. The number of amides is 1. The minimum atomic E-state index is -0.882. The number of nitrogens with zero attached hydrogens (tertiary/aromatic N) is 1. The maximum Gasteiger partial charge on any atom is 0.345 e. The molecule has 1 spiro atoms. The van der Waals surface area contributed by atoms with Gasteiger partial charge in [0.05, 0.1) is 23.2 Å². The molecule has 0 saturated carbocycles. The first-order valence-electron chi connectivity index (χ1n) is 10.1. The molecule has 3 aliphatic rings. The number of aromatic carboxylic acids is 1. The summed E-state index contributed by atoms with van der Waals surface area (Å²) in [5.74, 6) is -0.812. The van der Waals surface area contributed by atoms with Crippen LogP contribution in [0.15, 0.2) is 18.2 Å². The highest BCUT2D eigenvalue weighted by molar-refractivity contribution is 7.14. The van der Waals surface area contributed by atoms with Crippen LogP contribution in [0.4, 0.5) is 0 Å². The first-order valence-corrected chi connectivity index (χ1v) is 11.7. The van der Waals surface area contributed by atoms with Crippen LogP contribution in [0.1, 0.15) is 66.4 Å². The molecule has 154 valence electrons. The summed E-state index contributed by atoms with van der Waals surface area (Å²) in [6, 6.07) is 5.72. The van der Waals surface area contributed by atoms with E-state index >= 15 is 0 Å². The predicted molar refractivity (Wildman–Crippen MR) is 110 cm³/mol. The van der Waals surface area contributed by atoms with Crippen molar-refractivity contribution in [1.29, 1.82) is 0 Å². The van der Waals surface area contributed by atoms with Crippen molar-refractivity contribution >= 4 is 34.6 Å². The Hall–Kier alpha value is -1.74. The highest BCUT2D eigenvalue weighted by atomic mass is 32.1. The summed E-state index contributed by atoms with van der Waals surface area (Å²) in [7, 11) is 0. The van der Waals surface area contributed by atoms with Crippen molar-refractivity contribution in [2.75, 3.05) is 26.3 Å². The van der Waals surface area contributed by atoms with Crippen LogP contribution in [-0.2, 0) is 21.5 Å². The number of carbonyl (C=O) groups excluding carboxylic acids is 1. The summed E-state index contributed by atoms with van der Waals surface area (Å²) in [4.78, 5) is 29.7. The van der Waals surface area contributed by atoms with E-state index in [4.69, 9.17) is 9.47 Å². The Labute approximate surface area is 177 Å². The fraction of sp³-hybridized carbons (Fsp3) is 0.524. The molecule has 0 bridgehead atoms. The molecule has 1 N–H and O–H groups in total. The van der Waals surface area contributed by atoms with Gasteiger partial charge in [0.1, 0.15) is 4.88 Å². The van der Waals surface area contributed by atoms with Gasteiger partial charge in [-0.2, -0.15) is 0 Å². The molecular formula is C21H23NO5S2. The quantitative estimate of drug-likeness (QED) is 0.790. The van der Waals surface area contributed by atoms with E-state index < -0.39 is 11.6 Å². The molecule has 0 aliphatic carbocycles. The Kier molecular flexibility index (Phi) is 4.98. The Bertz CT molecular complexity index is 935. The van der Waals surface area contributed by atoms with Crippen LogP contribution in [0.5, 0.6) is 0 Å². The fourth-order valence-corrected chi connectivity index (χ4v) is 6.74. The van der Waals surface area contributed by atoms with Crippen molar-refractivity contribution in [3.05, 3.63) is 43.3 Å². The van der Waals surface area contributed by atoms with Crippen molar-refractivity contribution in [3.63, 3.8) is 0 Å². The number of thiophene rings is 2. The number of piperidine rings is 1. The average molecular weight is 434 g/mol. The van der Waals surface area contributed by atoms with Crippen LogP contribution in [-0.4, -0.2) is 48.2 Å². The molecule has 0 radical (unpaired) electrons. The summed E-state index contributed by atoms with van der Waals surface area (Å²) in [6.07, 6.45) is 4.41. The molecule has 1 amide bonds. The van der Waals surface area contributed by atoms with Gasteiger partial charge >= 0.3 is 5.97 Å². The molecule has 2 fully saturated rings. The minimum absolute atomic E-state index is 0.0710. The molecule has 29 heavy (non-hydrogen) atoms. The molecule has 3 aliphatic heterocycles. The molecule has 8 heteroatoms. The smallest absolute Gasteiger partial charge is 0.345 e. The molecular weight excluding hydrogens is 410 g/mol. The molecule has 2 saturated heterocycles. The van der Waals surface area contributed by atoms with Crippen LogP contribution in [0.25, 0.3) is 0 Å². The van der Waals surface area contributed by atoms with Gasteiger partial charge in [0.25, 0.3) is 5.91 Å². The van der Waals surface area contributed by atoms with Gasteiger partial charge in [-0.15, -0.1) is 22.7 Å². The molecule has 5 heterocycles. The third-order valence-electron chi connectivity index (χ3n) is 6.16. The monoisotopic (exact) mass is 433 g/mol. The van der Waals surface area contributed by atoms with Crippen LogP contribution < -0.4 is 0 Å². The second-order valence-electron chi connectivity index (χ2n) is 7.84. The van der Waals surface area contributed by atoms with Gasteiger partial charge in [0.15, 0.2) is 0 Å². The molecule has 1 unspecified atom stereocenters. The van der Waals surface area contributed by atoms with Crippen LogP contribution in [0.3, 0.4) is 0 Å². The van der Waals surface area contributed by atoms with E-state index in [1.807, 2.05) is 17.0 Å². The molecule has 2 aromatic rings. The van der Waals surface area contributed by atoms with E-state index in [1.54, 1.807) is 17.4 Å². The Balaban J connectivity index is 1.30. The number of hydrogen-bond donors (Lipinski definition) is 1. The Morgan fingerprint density at radius 1 is 1.14 bits per heavy atom. The summed E-state index contributed by atoms with van der Waals surface area (Å²) in [5, 5.41) is 9.35. The zero-order valence-corrected chi connectivity index (χ0v) is 17.7. The van der Waals surface area contributed by atoms with Gasteiger partial charge in [-0.1, -0.05) is 0 Å². The first kappa shape index (κ1) is 19.2. The van der Waals surface area contributed by atoms with Crippen molar-refractivity contribution < 1.29 is 24.2 Å². The number of hydrogen-bond acceptors (Lipinski definition) is 6. The van der Waals surface area contributed by atoms with Gasteiger partial charge in [-0.25, -0.2) is 4.79 Å². The number of fused-ring (bicyclic) bond motifs is 2. The lowest BCUT2D eigenvalue weighted by molar-refractivity contribution is -0.0926. The van der Waals surface area contributed by atoms with E-state index in [9.17, 15) is 14.7 Å². The minimum Gasteiger partial charge on any atom is -0.477 e. The molecule has 6 nitrogen and oxygen atoms in total. The van der Waals surface area contributed by atoms with E-state index in [0.29, 0.717) is 37.4 Å². The van der Waals surface area contributed by atoms with Crippen LogP contribution >= 0.6 is 22.7 Å². The fourth-order valence-electron chi connectivity index (χ4n) is 4.61. The normalized spacial score (nSPS) is 23.3. The Morgan fingerprint density at radius 3 is 2.69 bits per heavy atom. The zero-order chi connectivity index (χ0) is 20.0. The van der Waals surface area contributed by atoms with Crippen molar-refractivity contribution in [1.82, 2.24) is 4.90 Å².